The van der Waals surface area contributed by atoms with Crippen molar-refractivity contribution in [1.82, 2.24) is 0 Å². The second-order valence-electron chi connectivity index (χ2n) is 3.86. The molecule has 92 valence electrons. The Kier molecular flexibility index (Phi) is 4.41. The molecule has 2 aromatic carbocycles. The largest absolute Gasteiger partial charge is 0.488 e. The Morgan fingerprint density at radius 2 is 1.78 bits per heavy atom. The molecule has 0 radical (unpaired) electrons. The van der Waals surface area contributed by atoms with Crippen LogP contribution in [-0.4, -0.2) is 17.2 Å². The van der Waals surface area contributed by atoms with Gasteiger partial charge in [0.15, 0.2) is 0 Å². The molecule has 0 aromatic heterocycles. The standard InChI is InChI=1S/C13H12BFO2S/c15-12-3-1-2-10(8-12)9-18-13-6-4-11(5-7-13)14(16)17/h1-8,16-17H,9H2. The lowest BCUT2D eigenvalue weighted by Crippen LogP contribution is -2.29. The Labute approximate surface area is 110 Å². The van der Waals surface area contributed by atoms with Crippen LogP contribution in [-0.2, 0) is 5.75 Å². The van der Waals surface area contributed by atoms with Crippen LogP contribution in [0.2, 0.25) is 0 Å². The van der Waals surface area contributed by atoms with Gasteiger partial charge in [-0.2, -0.15) is 0 Å². The number of rotatable bonds is 4. The molecule has 2 rings (SSSR count). The van der Waals surface area contributed by atoms with Gasteiger partial charge in [0, 0.05) is 10.6 Å². The highest BCUT2D eigenvalue weighted by Gasteiger charge is 2.09. The first kappa shape index (κ1) is 13.1. The summed E-state index contributed by atoms with van der Waals surface area (Å²) >= 11 is 1.57. The molecule has 0 fully saturated rings. The van der Waals surface area contributed by atoms with E-state index in [-0.39, 0.29) is 5.82 Å². The Balaban J connectivity index is 1.98. The Hall–Kier alpha value is -1.30. The van der Waals surface area contributed by atoms with Gasteiger partial charge >= 0.3 is 7.12 Å². The van der Waals surface area contributed by atoms with Crippen LogP contribution < -0.4 is 5.46 Å². The number of benzene rings is 2. The minimum atomic E-state index is -1.44. The van der Waals surface area contributed by atoms with E-state index in [0.29, 0.717) is 11.2 Å². The molecule has 18 heavy (non-hydrogen) atoms. The van der Waals surface area contributed by atoms with Crippen molar-refractivity contribution in [1.29, 1.82) is 0 Å². The zero-order chi connectivity index (χ0) is 13.0. The van der Waals surface area contributed by atoms with Gasteiger partial charge in [-0.25, -0.2) is 4.39 Å². The summed E-state index contributed by atoms with van der Waals surface area (Å²) in [5.41, 5.74) is 1.39. The fourth-order valence-electron chi connectivity index (χ4n) is 1.53. The summed E-state index contributed by atoms with van der Waals surface area (Å²) in [6.45, 7) is 0. The molecule has 2 nitrogen and oxygen atoms in total. The third-order valence-corrected chi connectivity index (χ3v) is 3.56. The minimum Gasteiger partial charge on any atom is -0.423 e. The summed E-state index contributed by atoms with van der Waals surface area (Å²) in [4.78, 5) is 1.00. The number of halogens is 1. The molecule has 5 heteroatoms. The fourth-order valence-corrected chi connectivity index (χ4v) is 2.37. The van der Waals surface area contributed by atoms with E-state index in [2.05, 4.69) is 0 Å². The molecule has 0 unspecified atom stereocenters. The van der Waals surface area contributed by atoms with Crippen LogP contribution in [0.15, 0.2) is 53.4 Å². The summed E-state index contributed by atoms with van der Waals surface area (Å²) in [5, 5.41) is 17.9. The monoisotopic (exact) mass is 262 g/mol. The molecule has 0 aliphatic heterocycles. The van der Waals surface area contributed by atoms with Crippen LogP contribution in [0.3, 0.4) is 0 Å². The van der Waals surface area contributed by atoms with E-state index in [9.17, 15) is 4.39 Å². The Bertz CT molecular complexity index is 517. The predicted molar refractivity (Wildman–Crippen MR) is 72.2 cm³/mol. The molecule has 0 aliphatic rings. The third-order valence-electron chi connectivity index (χ3n) is 2.47. The second kappa shape index (κ2) is 6.04. The van der Waals surface area contributed by atoms with Crippen molar-refractivity contribution in [2.24, 2.45) is 0 Å². The van der Waals surface area contributed by atoms with Crippen LogP contribution in [0.4, 0.5) is 4.39 Å². The molecule has 0 amide bonds. The average molecular weight is 262 g/mol. The van der Waals surface area contributed by atoms with Crippen LogP contribution in [0.25, 0.3) is 0 Å². The highest BCUT2D eigenvalue weighted by molar-refractivity contribution is 7.98. The van der Waals surface area contributed by atoms with Gasteiger partial charge in [0.05, 0.1) is 0 Å². The minimum absolute atomic E-state index is 0.230. The first-order valence-corrected chi connectivity index (χ1v) is 6.47. The first-order chi connectivity index (χ1) is 8.65. The van der Waals surface area contributed by atoms with Crippen LogP contribution in [0.5, 0.6) is 0 Å². The van der Waals surface area contributed by atoms with Gasteiger partial charge in [0.25, 0.3) is 0 Å². The van der Waals surface area contributed by atoms with E-state index in [1.165, 1.54) is 12.1 Å². The Morgan fingerprint density at radius 1 is 1.06 bits per heavy atom. The molecule has 2 aromatic rings. The summed E-state index contributed by atoms with van der Waals surface area (Å²) in [7, 11) is -1.44. The van der Waals surface area contributed by atoms with Crippen molar-refractivity contribution in [3.05, 3.63) is 59.9 Å². The van der Waals surface area contributed by atoms with Crippen molar-refractivity contribution in [2.45, 2.75) is 10.6 Å². The zero-order valence-electron chi connectivity index (χ0n) is 9.58. The van der Waals surface area contributed by atoms with Crippen LogP contribution in [0.1, 0.15) is 5.56 Å². The zero-order valence-corrected chi connectivity index (χ0v) is 10.4. The Morgan fingerprint density at radius 3 is 2.39 bits per heavy atom. The molecule has 0 bridgehead atoms. The van der Waals surface area contributed by atoms with Crippen LogP contribution >= 0.6 is 11.8 Å². The lowest BCUT2D eigenvalue weighted by atomic mass is 9.81. The van der Waals surface area contributed by atoms with E-state index in [4.69, 9.17) is 10.0 Å². The summed E-state index contributed by atoms with van der Waals surface area (Å²) < 4.78 is 13.0. The molecule has 2 N–H and O–H groups in total. The van der Waals surface area contributed by atoms with Crippen molar-refractivity contribution < 1.29 is 14.4 Å². The molecule has 0 saturated carbocycles. The smallest absolute Gasteiger partial charge is 0.423 e. The molecule has 0 heterocycles. The molecular weight excluding hydrogens is 250 g/mol. The van der Waals surface area contributed by atoms with Gasteiger partial charge in [-0.3, -0.25) is 0 Å². The van der Waals surface area contributed by atoms with Gasteiger partial charge in [-0.15, -0.1) is 11.8 Å². The summed E-state index contributed by atoms with van der Waals surface area (Å²) in [6.07, 6.45) is 0. The van der Waals surface area contributed by atoms with Crippen molar-refractivity contribution in [3.63, 3.8) is 0 Å². The van der Waals surface area contributed by atoms with E-state index >= 15 is 0 Å². The summed E-state index contributed by atoms with van der Waals surface area (Å²) in [6, 6.07) is 13.5. The lowest BCUT2D eigenvalue weighted by Gasteiger charge is -2.04. The highest BCUT2D eigenvalue weighted by Crippen LogP contribution is 2.22. The van der Waals surface area contributed by atoms with E-state index < -0.39 is 7.12 Å². The maximum absolute atomic E-state index is 13.0. The van der Waals surface area contributed by atoms with E-state index in [1.54, 1.807) is 30.0 Å². The topological polar surface area (TPSA) is 40.5 Å². The SMILES string of the molecule is OB(O)c1ccc(SCc2cccc(F)c2)cc1. The molecule has 0 spiro atoms. The van der Waals surface area contributed by atoms with Gasteiger partial charge in [0.2, 0.25) is 0 Å². The van der Waals surface area contributed by atoms with Gasteiger partial charge < -0.3 is 10.0 Å². The van der Waals surface area contributed by atoms with Crippen molar-refractivity contribution >= 4 is 24.3 Å². The van der Waals surface area contributed by atoms with Gasteiger partial charge in [-0.05, 0) is 35.3 Å². The van der Waals surface area contributed by atoms with Gasteiger partial charge in [-0.1, -0.05) is 24.3 Å². The van der Waals surface area contributed by atoms with Crippen LogP contribution in [0, 0.1) is 5.82 Å². The second-order valence-corrected chi connectivity index (χ2v) is 4.91. The maximum Gasteiger partial charge on any atom is 0.488 e. The highest BCUT2D eigenvalue weighted by atomic mass is 32.2. The quantitative estimate of drug-likeness (QED) is 0.652. The van der Waals surface area contributed by atoms with E-state index in [1.807, 2.05) is 18.2 Å². The first-order valence-electron chi connectivity index (χ1n) is 5.48. The third kappa shape index (κ3) is 3.60. The van der Waals surface area contributed by atoms with E-state index in [0.717, 1.165) is 10.5 Å². The maximum atomic E-state index is 13.0. The van der Waals surface area contributed by atoms with Gasteiger partial charge in [0.1, 0.15) is 5.82 Å². The molecule has 0 aliphatic carbocycles. The predicted octanol–water partition coefficient (Wildman–Crippen LogP) is 1.80. The molecule has 0 atom stereocenters. The molecule has 0 saturated heterocycles. The average Bonchev–Trinajstić information content (AvgIpc) is 2.37. The molecular formula is C13H12BFO2S. The number of hydrogen-bond acceptors (Lipinski definition) is 3. The lowest BCUT2D eigenvalue weighted by molar-refractivity contribution is 0.426. The van der Waals surface area contributed by atoms with Crippen molar-refractivity contribution in [3.8, 4) is 0 Å². The van der Waals surface area contributed by atoms with Crippen molar-refractivity contribution in [2.75, 3.05) is 0 Å². The number of hydrogen-bond donors (Lipinski definition) is 2. The normalized spacial score (nSPS) is 10.4. The summed E-state index contributed by atoms with van der Waals surface area (Å²) in [5.74, 6) is 0.450. The fraction of sp³-hybridized carbons (Fsp3) is 0.0769. The number of thioether (sulfide) groups is 1.